The molecule has 7 N–H and O–H groups in total. The van der Waals surface area contributed by atoms with Gasteiger partial charge in [0.1, 0.15) is 30.2 Å². The molecule has 1 aliphatic heterocycles. The van der Waals surface area contributed by atoms with Gasteiger partial charge >= 0.3 is 0 Å². The van der Waals surface area contributed by atoms with E-state index in [0.717, 1.165) is 10.9 Å². The Morgan fingerprint density at radius 2 is 2.09 bits per heavy atom. The van der Waals surface area contributed by atoms with Crippen LogP contribution in [0.1, 0.15) is 36.5 Å². The number of ether oxygens (including phenoxy) is 1. The molecule has 1 unspecified atom stereocenters. The summed E-state index contributed by atoms with van der Waals surface area (Å²) in [7, 11) is 0. The molecule has 1 aliphatic rings. The van der Waals surface area contributed by atoms with Gasteiger partial charge in [-0.3, -0.25) is 14.2 Å². The van der Waals surface area contributed by atoms with E-state index in [2.05, 4.69) is 4.98 Å². The summed E-state index contributed by atoms with van der Waals surface area (Å²) in [5.74, 6) is -1.51. The maximum absolute atomic E-state index is 11.8. The summed E-state index contributed by atoms with van der Waals surface area (Å²) < 4.78 is 6.51. The Balaban J connectivity index is 2.23. The van der Waals surface area contributed by atoms with Crippen LogP contribution in [0.25, 0.3) is 0 Å². The molecule has 0 bridgehead atoms. The van der Waals surface area contributed by atoms with Gasteiger partial charge in [0.15, 0.2) is 17.7 Å². The second-order valence-electron chi connectivity index (χ2n) is 5.38. The molecular formula is C13H20N4O6. The van der Waals surface area contributed by atoms with E-state index < -0.39 is 42.3 Å². The Hall–Kier alpha value is -2.01. The molecule has 128 valence electrons. The van der Waals surface area contributed by atoms with E-state index in [4.69, 9.17) is 16.2 Å². The lowest BCUT2D eigenvalue weighted by atomic mass is 10.0. The van der Waals surface area contributed by atoms with Gasteiger partial charge in [-0.15, -0.1) is 0 Å². The first-order valence-corrected chi connectivity index (χ1v) is 7.14. The minimum absolute atomic E-state index is 0.119. The van der Waals surface area contributed by atoms with Crippen molar-refractivity contribution in [1.29, 1.82) is 0 Å². The first kappa shape index (κ1) is 17.3. The van der Waals surface area contributed by atoms with Gasteiger partial charge < -0.3 is 31.5 Å². The number of nitrogens with zero attached hydrogens (tertiary/aromatic N) is 2. The Labute approximate surface area is 131 Å². The maximum atomic E-state index is 11.8. The number of aliphatic hydroxyl groups excluding tert-OH is 3. The molecule has 1 aromatic rings. The fourth-order valence-corrected chi connectivity index (χ4v) is 2.52. The van der Waals surface area contributed by atoms with Crippen LogP contribution in [0, 0.1) is 0 Å². The van der Waals surface area contributed by atoms with E-state index in [0.29, 0.717) is 6.42 Å². The van der Waals surface area contributed by atoms with Crippen molar-refractivity contribution in [3.63, 3.8) is 0 Å². The Kier molecular flexibility index (Phi) is 5.00. The van der Waals surface area contributed by atoms with Crippen molar-refractivity contribution in [2.75, 3.05) is 5.73 Å². The number of primary amides is 1. The summed E-state index contributed by atoms with van der Waals surface area (Å²) in [6, 6.07) is 0. The predicted molar refractivity (Wildman–Crippen MR) is 77.0 cm³/mol. The molecule has 0 radical (unpaired) electrons. The molecular weight excluding hydrogens is 308 g/mol. The molecule has 2 heterocycles. The molecule has 1 saturated heterocycles. The van der Waals surface area contributed by atoms with Gasteiger partial charge in [-0.25, -0.2) is 4.98 Å². The number of anilines is 1. The standard InChI is InChI=1S/C13H20N4O6/c1-2-3-5(18)7(19)10-8(20)9(21)13(23-10)17-4-16-6(11(17)14)12(15)22/h4,7-10,13,19-21H,2-3,14H2,1H3,(H2,15,22)/t7?,8-,9+,10+,13+/m0/s1. The zero-order chi connectivity index (χ0) is 17.3. The van der Waals surface area contributed by atoms with Gasteiger partial charge in [0.25, 0.3) is 5.91 Å². The van der Waals surface area contributed by atoms with Crippen LogP contribution in [-0.4, -0.2) is 61.0 Å². The molecule has 1 amide bonds. The topological polar surface area (TPSA) is 174 Å². The Morgan fingerprint density at radius 1 is 1.43 bits per heavy atom. The fourth-order valence-electron chi connectivity index (χ4n) is 2.52. The largest absolute Gasteiger partial charge is 0.387 e. The van der Waals surface area contributed by atoms with Crippen molar-refractivity contribution in [1.82, 2.24) is 9.55 Å². The number of rotatable bonds is 6. The van der Waals surface area contributed by atoms with Crippen molar-refractivity contribution in [2.24, 2.45) is 5.73 Å². The molecule has 0 spiro atoms. The fraction of sp³-hybridized carbons (Fsp3) is 0.615. The van der Waals surface area contributed by atoms with E-state index in [-0.39, 0.29) is 17.9 Å². The molecule has 10 nitrogen and oxygen atoms in total. The van der Waals surface area contributed by atoms with Gasteiger partial charge in [-0.1, -0.05) is 6.92 Å². The van der Waals surface area contributed by atoms with Crippen LogP contribution in [0.5, 0.6) is 0 Å². The van der Waals surface area contributed by atoms with Gasteiger partial charge in [0.05, 0.1) is 6.33 Å². The first-order chi connectivity index (χ1) is 10.8. The highest BCUT2D eigenvalue weighted by atomic mass is 16.6. The number of nitrogen functional groups attached to an aromatic ring is 1. The molecule has 0 saturated carbocycles. The average molecular weight is 328 g/mol. The monoisotopic (exact) mass is 328 g/mol. The number of Topliss-reactive ketones (excluding diaryl/α,β-unsaturated/α-hetero) is 1. The van der Waals surface area contributed by atoms with Crippen molar-refractivity contribution < 1.29 is 29.6 Å². The van der Waals surface area contributed by atoms with Gasteiger partial charge in [-0.2, -0.15) is 0 Å². The molecule has 1 aromatic heterocycles. The lowest BCUT2D eigenvalue weighted by Gasteiger charge is -2.20. The van der Waals surface area contributed by atoms with Gasteiger partial charge in [-0.05, 0) is 6.42 Å². The van der Waals surface area contributed by atoms with Crippen molar-refractivity contribution in [2.45, 2.75) is 50.4 Å². The molecule has 0 aromatic carbocycles. The molecule has 10 heteroatoms. The second-order valence-corrected chi connectivity index (χ2v) is 5.38. The van der Waals surface area contributed by atoms with E-state index >= 15 is 0 Å². The van der Waals surface area contributed by atoms with E-state index in [9.17, 15) is 24.9 Å². The molecule has 2 rings (SSSR count). The number of aliphatic hydroxyl groups is 3. The lowest BCUT2D eigenvalue weighted by molar-refractivity contribution is -0.141. The highest BCUT2D eigenvalue weighted by Crippen LogP contribution is 2.33. The van der Waals surface area contributed by atoms with Crippen LogP contribution >= 0.6 is 0 Å². The van der Waals surface area contributed by atoms with Crippen molar-refractivity contribution >= 4 is 17.5 Å². The molecule has 5 atom stereocenters. The van der Waals surface area contributed by atoms with E-state index in [1.807, 2.05) is 0 Å². The third kappa shape index (κ3) is 3.06. The van der Waals surface area contributed by atoms with Crippen LogP contribution in [-0.2, 0) is 9.53 Å². The summed E-state index contributed by atoms with van der Waals surface area (Å²) in [5.41, 5.74) is 10.6. The number of amides is 1. The third-order valence-corrected chi connectivity index (χ3v) is 3.75. The first-order valence-electron chi connectivity index (χ1n) is 7.14. The zero-order valence-electron chi connectivity index (χ0n) is 12.5. The number of nitrogens with two attached hydrogens (primary N) is 2. The van der Waals surface area contributed by atoms with Gasteiger partial charge in [0, 0.05) is 6.42 Å². The normalized spacial score (nSPS) is 28.7. The predicted octanol–water partition coefficient (Wildman–Crippen LogP) is -2.09. The quantitative estimate of drug-likeness (QED) is 0.395. The second kappa shape index (κ2) is 6.62. The zero-order valence-corrected chi connectivity index (χ0v) is 12.5. The van der Waals surface area contributed by atoms with Crippen LogP contribution in [0.3, 0.4) is 0 Å². The summed E-state index contributed by atoms with van der Waals surface area (Å²) >= 11 is 0. The van der Waals surface area contributed by atoms with Crippen LogP contribution in [0.2, 0.25) is 0 Å². The average Bonchev–Trinajstić information content (AvgIpc) is 3.00. The minimum atomic E-state index is -1.58. The molecule has 0 aliphatic carbocycles. The smallest absolute Gasteiger partial charge is 0.271 e. The summed E-state index contributed by atoms with van der Waals surface area (Å²) in [4.78, 5) is 26.6. The van der Waals surface area contributed by atoms with Crippen molar-refractivity contribution in [3.05, 3.63) is 12.0 Å². The number of aromatic nitrogens is 2. The Bertz CT molecular complexity index is 603. The number of carbonyl (C=O) groups excluding carboxylic acids is 2. The van der Waals surface area contributed by atoms with Gasteiger partial charge in [0.2, 0.25) is 0 Å². The lowest BCUT2D eigenvalue weighted by Crippen LogP contribution is -2.42. The molecule has 23 heavy (non-hydrogen) atoms. The number of ketones is 1. The number of imidazole rings is 1. The Morgan fingerprint density at radius 3 is 2.61 bits per heavy atom. The third-order valence-electron chi connectivity index (χ3n) is 3.75. The van der Waals surface area contributed by atoms with Crippen LogP contribution < -0.4 is 11.5 Å². The maximum Gasteiger partial charge on any atom is 0.271 e. The number of hydrogen-bond donors (Lipinski definition) is 5. The minimum Gasteiger partial charge on any atom is -0.387 e. The number of hydrogen-bond acceptors (Lipinski definition) is 8. The number of carbonyl (C=O) groups is 2. The summed E-state index contributed by atoms with van der Waals surface area (Å²) in [6.45, 7) is 1.77. The van der Waals surface area contributed by atoms with E-state index in [1.165, 1.54) is 0 Å². The van der Waals surface area contributed by atoms with Crippen LogP contribution in [0.15, 0.2) is 6.33 Å². The van der Waals surface area contributed by atoms with Crippen LogP contribution in [0.4, 0.5) is 5.82 Å². The molecule has 1 fully saturated rings. The SMILES string of the molecule is CCCC(=O)C(O)[C@H]1O[C@@H](n2cnc(C(N)=O)c2N)[C@H](O)[C@@H]1O. The summed E-state index contributed by atoms with van der Waals surface area (Å²) in [5, 5.41) is 30.1. The summed E-state index contributed by atoms with van der Waals surface area (Å²) in [6.07, 6.45) is -5.30. The highest BCUT2D eigenvalue weighted by Gasteiger charge is 2.48. The van der Waals surface area contributed by atoms with Crippen molar-refractivity contribution in [3.8, 4) is 0 Å². The van der Waals surface area contributed by atoms with E-state index in [1.54, 1.807) is 6.92 Å². The highest BCUT2D eigenvalue weighted by molar-refractivity contribution is 5.95.